The number of aromatic nitrogens is 3. The van der Waals surface area contributed by atoms with E-state index in [0.29, 0.717) is 37.2 Å². The second-order valence-electron chi connectivity index (χ2n) is 6.34. The Labute approximate surface area is 132 Å². The number of fused-ring (bicyclic) bond motifs is 2. The monoisotopic (exact) mass is 302 g/mol. The van der Waals surface area contributed by atoms with Crippen LogP contribution in [0.25, 0.3) is 0 Å². The quantitative estimate of drug-likeness (QED) is 0.657. The van der Waals surface area contributed by atoms with Crippen molar-refractivity contribution in [2.75, 3.05) is 13.2 Å². The molecule has 22 heavy (non-hydrogen) atoms. The summed E-state index contributed by atoms with van der Waals surface area (Å²) in [4.78, 5) is 11.6. The minimum Gasteiger partial charge on any atom is -0.449 e. The zero-order chi connectivity index (χ0) is 15.5. The molecular formula is C15H23BN4O2. The normalized spacial score (nSPS) is 26.3. The first kappa shape index (κ1) is 15.4. The Balaban J connectivity index is 1.44. The summed E-state index contributed by atoms with van der Waals surface area (Å²) in [6.07, 6.45) is 5.32. The highest BCUT2D eigenvalue weighted by Crippen LogP contribution is 2.52. The lowest BCUT2D eigenvalue weighted by Gasteiger charge is -2.07. The van der Waals surface area contributed by atoms with Crippen molar-refractivity contribution in [3.8, 4) is 0 Å². The number of alkyl carbamates (subject to hydrolysis) is 1. The number of nitrogens with one attached hydrogen (secondary N) is 1. The summed E-state index contributed by atoms with van der Waals surface area (Å²) in [6, 6.07) is 0. The van der Waals surface area contributed by atoms with Crippen LogP contribution in [0.2, 0.25) is 6.32 Å². The van der Waals surface area contributed by atoms with Crippen LogP contribution in [0.15, 0.2) is 0 Å². The largest absolute Gasteiger partial charge is 0.449 e. The molecule has 6 nitrogen and oxygen atoms in total. The molecule has 3 rings (SSSR count). The van der Waals surface area contributed by atoms with Gasteiger partial charge in [-0.2, -0.15) is 0 Å². The van der Waals surface area contributed by atoms with E-state index in [9.17, 15) is 4.79 Å². The SMILES string of the molecule is [B]CCCNC(=O)OCC1C2CCc3nnn(C)c3CCC21. The van der Waals surface area contributed by atoms with Gasteiger partial charge in [0, 0.05) is 13.6 Å². The van der Waals surface area contributed by atoms with Crippen LogP contribution in [-0.4, -0.2) is 42.1 Å². The van der Waals surface area contributed by atoms with Gasteiger partial charge in [0.1, 0.15) is 0 Å². The summed E-state index contributed by atoms with van der Waals surface area (Å²) < 4.78 is 7.24. The summed E-state index contributed by atoms with van der Waals surface area (Å²) in [6.45, 7) is 1.12. The van der Waals surface area contributed by atoms with Crippen molar-refractivity contribution in [1.82, 2.24) is 20.3 Å². The summed E-state index contributed by atoms with van der Waals surface area (Å²) in [5.41, 5.74) is 2.41. The maximum Gasteiger partial charge on any atom is 0.407 e. The summed E-state index contributed by atoms with van der Waals surface area (Å²) in [7, 11) is 7.35. The number of amides is 1. The highest BCUT2D eigenvalue weighted by atomic mass is 16.5. The zero-order valence-corrected chi connectivity index (χ0v) is 13.1. The van der Waals surface area contributed by atoms with E-state index in [4.69, 9.17) is 12.6 Å². The first-order valence-corrected chi connectivity index (χ1v) is 8.19. The number of ether oxygens (including phenoxy) is 1. The van der Waals surface area contributed by atoms with Crippen LogP contribution in [0.4, 0.5) is 4.79 Å². The van der Waals surface area contributed by atoms with Crippen LogP contribution in [0.3, 0.4) is 0 Å². The fourth-order valence-electron chi connectivity index (χ4n) is 3.67. The molecule has 1 aromatic rings. The van der Waals surface area contributed by atoms with Crippen molar-refractivity contribution in [2.24, 2.45) is 24.8 Å². The highest BCUT2D eigenvalue weighted by molar-refractivity contribution is 6.08. The topological polar surface area (TPSA) is 69.0 Å². The van der Waals surface area contributed by atoms with Gasteiger partial charge < -0.3 is 10.1 Å². The number of rotatable bonds is 5. The Morgan fingerprint density at radius 3 is 2.95 bits per heavy atom. The molecule has 0 aliphatic heterocycles. The van der Waals surface area contributed by atoms with E-state index in [1.807, 2.05) is 11.7 Å². The van der Waals surface area contributed by atoms with Gasteiger partial charge in [-0.1, -0.05) is 11.5 Å². The molecule has 2 aliphatic carbocycles. The standard InChI is InChI=1S/C15H23BN4O2/c1-20-14-6-4-11-10(3-5-13(14)18-19-20)12(11)9-22-15(21)17-8-2-7-16/h10-12H,2-9H2,1H3,(H,17,21). The van der Waals surface area contributed by atoms with Crippen LogP contribution in [-0.2, 0) is 24.6 Å². The van der Waals surface area contributed by atoms with Crippen molar-refractivity contribution in [3.05, 3.63) is 11.4 Å². The van der Waals surface area contributed by atoms with Gasteiger partial charge in [-0.15, -0.1) is 5.10 Å². The Morgan fingerprint density at radius 2 is 2.18 bits per heavy atom. The number of hydrogen-bond acceptors (Lipinski definition) is 4. The second kappa shape index (κ2) is 6.71. The number of nitrogens with zero attached hydrogens (tertiary/aromatic N) is 3. The maximum absolute atomic E-state index is 11.6. The third-order valence-electron chi connectivity index (χ3n) is 5.02. The van der Waals surface area contributed by atoms with Crippen LogP contribution >= 0.6 is 0 Å². The van der Waals surface area contributed by atoms with Gasteiger partial charge in [-0.05, 0) is 49.9 Å². The smallest absolute Gasteiger partial charge is 0.407 e. The first-order chi connectivity index (χ1) is 10.7. The fraction of sp³-hybridized carbons (Fsp3) is 0.800. The molecule has 1 N–H and O–H groups in total. The molecule has 1 saturated carbocycles. The molecular weight excluding hydrogens is 279 g/mol. The molecule has 0 spiro atoms. The molecule has 1 aromatic heterocycles. The molecule has 118 valence electrons. The summed E-state index contributed by atoms with van der Waals surface area (Å²) in [5.74, 6) is 1.87. The maximum atomic E-state index is 11.6. The van der Waals surface area contributed by atoms with Crippen molar-refractivity contribution in [3.63, 3.8) is 0 Å². The molecule has 1 heterocycles. The van der Waals surface area contributed by atoms with Crippen LogP contribution in [0.1, 0.15) is 30.7 Å². The van der Waals surface area contributed by atoms with Gasteiger partial charge >= 0.3 is 6.09 Å². The third-order valence-corrected chi connectivity index (χ3v) is 5.02. The number of aryl methyl sites for hydroxylation is 2. The Kier molecular flexibility index (Phi) is 4.69. The number of hydrogen-bond donors (Lipinski definition) is 1. The molecule has 1 amide bonds. The van der Waals surface area contributed by atoms with E-state index < -0.39 is 0 Å². The lowest BCUT2D eigenvalue weighted by atomic mass is 10.0. The average Bonchev–Trinajstić information content (AvgIpc) is 3.02. The Morgan fingerprint density at radius 1 is 1.41 bits per heavy atom. The van der Waals surface area contributed by atoms with Crippen LogP contribution in [0, 0.1) is 17.8 Å². The van der Waals surface area contributed by atoms with Crippen LogP contribution in [0.5, 0.6) is 0 Å². The van der Waals surface area contributed by atoms with Gasteiger partial charge in [-0.3, -0.25) is 4.68 Å². The lowest BCUT2D eigenvalue weighted by molar-refractivity contribution is 0.137. The molecule has 7 heteroatoms. The Bertz CT molecular complexity index is 534. The molecule has 2 aliphatic rings. The highest BCUT2D eigenvalue weighted by Gasteiger charge is 2.50. The minimum absolute atomic E-state index is 0.318. The molecule has 3 unspecified atom stereocenters. The van der Waals surface area contributed by atoms with E-state index in [-0.39, 0.29) is 6.09 Å². The van der Waals surface area contributed by atoms with Gasteiger partial charge in [-0.25, -0.2) is 4.79 Å². The lowest BCUT2D eigenvalue weighted by Crippen LogP contribution is -2.26. The number of carbonyl (C=O) groups excluding carboxylic acids is 1. The minimum atomic E-state index is -0.318. The van der Waals surface area contributed by atoms with Crippen molar-refractivity contribution < 1.29 is 9.53 Å². The van der Waals surface area contributed by atoms with Crippen LogP contribution < -0.4 is 5.32 Å². The molecule has 0 aromatic carbocycles. The predicted octanol–water partition coefficient (Wildman–Crippen LogP) is 1.26. The molecule has 3 atom stereocenters. The van der Waals surface area contributed by atoms with E-state index in [2.05, 4.69) is 15.6 Å². The zero-order valence-electron chi connectivity index (χ0n) is 13.1. The van der Waals surface area contributed by atoms with Crippen molar-refractivity contribution >= 4 is 13.9 Å². The fourth-order valence-corrected chi connectivity index (χ4v) is 3.67. The van der Waals surface area contributed by atoms with E-state index >= 15 is 0 Å². The molecule has 0 bridgehead atoms. The second-order valence-corrected chi connectivity index (χ2v) is 6.34. The first-order valence-electron chi connectivity index (χ1n) is 8.19. The van der Waals surface area contributed by atoms with Crippen molar-refractivity contribution in [2.45, 2.75) is 38.4 Å². The van der Waals surface area contributed by atoms with E-state index in [1.54, 1.807) is 0 Å². The van der Waals surface area contributed by atoms with Gasteiger partial charge in [0.25, 0.3) is 0 Å². The molecule has 0 saturated heterocycles. The van der Waals surface area contributed by atoms with Gasteiger partial charge in [0.2, 0.25) is 0 Å². The van der Waals surface area contributed by atoms with E-state index in [1.165, 1.54) is 5.69 Å². The van der Waals surface area contributed by atoms with E-state index in [0.717, 1.165) is 37.8 Å². The number of carbonyl (C=O) groups is 1. The average molecular weight is 302 g/mol. The molecule has 2 radical (unpaired) electrons. The Hall–Kier alpha value is -1.53. The predicted molar refractivity (Wildman–Crippen MR) is 82.6 cm³/mol. The molecule has 1 fully saturated rings. The summed E-state index contributed by atoms with van der Waals surface area (Å²) in [5, 5.41) is 11.1. The van der Waals surface area contributed by atoms with Gasteiger partial charge in [0.15, 0.2) is 0 Å². The summed E-state index contributed by atoms with van der Waals surface area (Å²) >= 11 is 0. The van der Waals surface area contributed by atoms with Crippen molar-refractivity contribution in [1.29, 1.82) is 0 Å². The third kappa shape index (κ3) is 3.28. The van der Waals surface area contributed by atoms with Gasteiger partial charge in [0.05, 0.1) is 25.8 Å².